The maximum atomic E-state index is 11.8. The number of hydrogen-bond donors (Lipinski definition) is 0. The fourth-order valence-corrected chi connectivity index (χ4v) is 2.59. The topological polar surface area (TPSA) is 65.2 Å². The lowest BCUT2D eigenvalue weighted by molar-refractivity contribution is -0.119. The van der Waals surface area contributed by atoms with E-state index < -0.39 is 5.60 Å². The van der Waals surface area contributed by atoms with Gasteiger partial charge in [0.2, 0.25) is 11.7 Å². The van der Waals surface area contributed by atoms with Crippen molar-refractivity contribution >= 4 is 5.78 Å². The fraction of sp³-hybridized carbons (Fsp3) is 0.800. The third-order valence-corrected chi connectivity index (χ3v) is 3.78. The first-order chi connectivity index (χ1) is 9.41. The molecule has 114 valence electrons. The van der Waals surface area contributed by atoms with Crippen LogP contribution in [0.15, 0.2) is 4.52 Å². The van der Waals surface area contributed by atoms with E-state index in [1.54, 1.807) is 6.92 Å². The van der Waals surface area contributed by atoms with E-state index in [2.05, 4.69) is 10.1 Å². The Morgan fingerprint density at radius 2 is 1.90 bits per heavy atom. The van der Waals surface area contributed by atoms with Crippen LogP contribution in [0.25, 0.3) is 0 Å². The van der Waals surface area contributed by atoms with Crippen LogP contribution in [0.2, 0.25) is 0 Å². The molecular weight excluding hydrogens is 256 g/mol. The second-order valence-electron chi connectivity index (χ2n) is 5.42. The van der Waals surface area contributed by atoms with E-state index in [0.717, 1.165) is 12.8 Å². The van der Waals surface area contributed by atoms with Gasteiger partial charge >= 0.3 is 0 Å². The molecule has 0 radical (unpaired) electrons. The Morgan fingerprint density at radius 1 is 1.30 bits per heavy atom. The molecule has 0 aliphatic heterocycles. The predicted octanol–water partition coefficient (Wildman–Crippen LogP) is 3.45. The lowest BCUT2D eigenvalue weighted by Gasteiger charge is -2.27. The highest BCUT2D eigenvalue weighted by Crippen LogP contribution is 2.33. The molecule has 0 bridgehead atoms. The van der Waals surface area contributed by atoms with E-state index in [1.807, 2.05) is 34.6 Å². The summed E-state index contributed by atoms with van der Waals surface area (Å²) in [4.78, 5) is 16.2. The largest absolute Gasteiger partial charge is 0.367 e. The van der Waals surface area contributed by atoms with Gasteiger partial charge in [-0.3, -0.25) is 4.79 Å². The summed E-state index contributed by atoms with van der Waals surface area (Å²) < 4.78 is 11.2. The summed E-state index contributed by atoms with van der Waals surface area (Å²) in [5.41, 5.74) is -0.519. The minimum atomic E-state index is -0.519. The average molecular weight is 282 g/mol. The molecule has 1 heterocycles. The molecule has 0 spiro atoms. The molecule has 0 aliphatic carbocycles. The van der Waals surface area contributed by atoms with Crippen LogP contribution >= 0.6 is 0 Å². The summed E-state index contributed by atoms with van der Waals surface area (Å²) in [5, 5.41) is 4.07. The van der Waals surface area contributed by atoms with Gasteiger partial charge in [0.05, 0.1) is 5.92 Å². The number of ketones is 1. The van der Waals surface area contributed by atoms with Gasteiger partial charge in [-0.15, -0.1) is 0 Å². The van der Waals surface area contributed by atoms with Crippen LogP contribution in [0.5, 0.6) is 0 Å². The summed E-state index contributed by atoms with van der Waals surface area (Å²) >= 11 is 0. The van der Waals surface area contributed by atoms with E-state index in [4.69, 9.17) is 9.26 Å². The van der Waals surface area contributed by atoms with Crippen LogP contribution in [0.4, 0.5) is 0 Å². The van der Waals surface area contributed by atoms with Crippen molar-refractivity contribution in [3.63, 3.8) is 0 Å². The van der Waals surface area contributed by atoms with E-state index in [9.17, 15) is 4.79 Å². The monoisotopic (exact) mass is 282 g/mol. The Kier molecular flexibility index (Phi) is 5.87. The number of carbonyl (C=O) groups excluding carboxylic acids is 1. The number of hydrogen-bond acceptors (Lipinski definition) is 5. The number of ether oxygens (including phenoxy) is 1. The second kappa shape index (κ2) is 6.97. The van der Waals surface area contributed by atoms with Gasteiger partial charge in [-0.2, -0.15) is 4.98 Å². The molecule has 1 aromatic rings. The minimum Gasteiger partial charge on any atom is -0.367 e. The van der Waals surface area contributed by atoms with Gasteiger partial charge in [-0.05, 0) is 32.6 Å². The Labute approximate surface area is 121 Å². The molecule has 20 heavy (non-hydrogen) atoms. The van der Waals surface area contributed by atoms with Crippen LogP contribution < -0.4 is 0 Å². The summed E-state index contributed by atoms with van der Waals surface area (Å²) in [6.45, 7) is 12.1. The van der Waals surface area contributed by atoms with Gasteiger partial charge in [0.15, 0.2) is 0 Å². The average Bonchev–Trinajstić information content (AvgIpc) is 2.85. The second-order valence-corrected chi connectivity index (χ2v) is 5.42. The van der Waals surface area contributed by atoms with Crippen molar-refractivity contribution in [1.82, 2.24) is 10.1 Å². The molecule has 0 saturated carbocycles. The van der Waals surface area contributed by atoms with Gasteiger partial charge < -0.3 is 9.26 Å². The van der Waals surface area contributed by atoms with Crippen LogP contribution in [0.1, 0.15) is 72.0 Å². The van der Waals surface area contributed by atoms with Gasteiger partial charge in [0.25, 0.3) is 0 Å². The first-order valence-electron chi connectivity index (χ1n) is 7.40. The molecule has 5 nitrogen and oxygen atoms in total. The van der Waals surface area contributed by atoms with Crippen molar-refractivity contribution in [3.05, 3.63) is 11.7 Å². The Hall–Kier alpha value is -1.23. The van der Waals surface area contributed by atoms with Crippen molar-refractivity contribution in [2.45, 2.75) is 65.9 Å². The number of nitrogens with zero attached hydrogens (tertiary/aromatic N) is 2. The van der Waals surface area contributed by atoms with Crippen molar-refractivity contribution in [2.75, 3.05) is 6.61 Å². The van der Waals surface area contributed by atoms with Gasteiger partial charge in [-0.1, -0.05) is 32.9 Å². The Bertz CT molecular complexity index is 436. The third kappa shape index (κ3) is 3.26. The van der Waals surface area contributed by atoms with Crippen LogP contribution in [-0.2, 0) is 15.1 Å². The van der Waals surface area contributed by atoms with Crippen molar-refractivity contribution < 1.29 is 14.1 Å². The zero-order chi connectivity index (χ0) is 15.3. The van der Waals surface area contributed by atoms with E-state index in [0.29, 0.717) is 18.3 Å². The molecule has 0 aromatic carbocycles. The fourth-order valence-electron chi connectivity index (χ4n) is 2.59. The molecule has 1 aromatic heterocycles. The number of Topliss-reactive ketones (excluding diaryl/α,β-unsaturated/α-hetero) is 1. The molecule has 0 aliphatic rings. The van der Waals surface area contributed by atoms with Gasteiger partial charge in [0.1, 0.15) is 11.4 Å². The van der Waals surface area contributed by atoms with Crippen LogP contribution in [0.3, 0.4) is 0 Å². The van der Waals surface area contributed by atoms with Crippen LogP contribution in [-0.4, -0.2) is 22.5 Å². The minimum absolute atomic E-state index is 0.0465. The van der Waals surface area contributed by atoms with E-state index >= 15 is 0 Å². The highest BCUT2D eigenvalue weighted by Gasteiger charge is 2.36. The van der Waals surface area contributed by atoms with E-state index in [-0.39, 0.29) is 17.6 Å². The molecule has 0 saturated heterocycles. The Balaban J connectivity index is 3.14. The van der Waals surface area contributed by atoms with Gasteiger partial charge in [0, 0.05) is 6.61 Å². The standard InChI is InChI=1S/C15H26N2O3/c1-7-15(8-2,19-9-3)14-16-13(20-17-14)12(10(4)5)11(6)18/h10,12H,7-9H2,1-6H3. The number of aromatic nitrogens is 2. The molecule has 0 fully saturated rings. The normalized spacial score (nSPS) is 13.8. The summed E-state index contributed by atoms with van der Waals surface area (Å²) in [5.74, 6) is 0.778. The third-order valence-electron chi connectivity index (χ3n) is 3.78. The molecule has 1 atom stereocenters. The lowest BCUT2D eigenvalue weighted by Crippen LogP contribution is -2.30. The molecular formula is C15H26N2O3. The highest BCUT2D eigenvalue weighted by molar-refractivity contribution is 5.82. The van der Waals surface area contributed by atoms with Crippen molar-refractivity contribution in [1.29, 1.82) is 0 Å². The highest BCUT2D eigenvalue weighted by atomic mass is 16.5. The van der Waals surface area contributed by atoms with Gasteiger partial charge in [-0.25, -0.2) is 0 Å². The maximum Gasteiger partial charge on any atom is 0.237 e. The van der Waals surface area contributed by atoms with E-state index in [1.165, 1.54) is 0 Å². The van der Waals surface area contributed by atoms with Crippen LogP contribution in [0, 0.1) is 5.92 Å². The molecule has 0 amide bonds. The maximum absolute atomic E-state index is 11.8. The SMILES string of the molecule is CCOC(CC)(CC)c1noc(C(C(C)=O)C(C)C)n1. The zero-order valence-electron chi connectivity index (χ0n) is 13.4. The summed E-state index contributed by atoms with van der Waals surface area (Å²) in [6, 6.07) is 0. The molecule has 0 N–H and O–H groups in total. The first-order valence-corrected chi connectivity index (χ1v) is 7.40. The Morgan fingerprint density at radius 3 is 2.30 bits per heavy atom. The molecule has 1 unspecified atom stereocenters. The zero-order valence-corrected chi connectivity index (χ0v) is 13.4. The number of carbonyl (C=O) groups is 1. The lowest BCUT2D eigenvalue weighted by atomic mass is 9.92. The first kappa shape index (κ1) is 16.8. The van der Waals surface area contributed by atoms with Crippen molar-refractivity contribution in [3.8, 4) is 0 Å². The molecule has 5 heteroatoms. The predicted molar refractivity (Wildman–Crippen MR) is 76.4 cm³/mol. The number of rotatable bonds is 8. The smallest absolute Gasteiger partial charge is 0.237 e. The van der Waals surface area contributed by atoms with Crippen molar-refractivity contribution in [2.24, 2.45) is 5.92 Å². The molecule has 1 rings (SSSR count). The summed E-state index contributed by atoms with van der Waals surface area (Å²) in [6.07, 6.45) is 1.53. The summed E-state index contributed by atoms with van der Waals surface area (Å²) in [7, 11) is 0. The quantitative estimate of drug-likeness (QED) is 0.730.